The van der Waals surface area contributed by atoms with E-state index in [1.165, 1.54) is 31.2 Å². The van der Waals surface area contributed by atoms with Gasteiger partial charge in [0.15, 0.2) is 0 Å². The van der Waals surface area contributed by atoms with Crippen molar-refractivity contribution in [1.82, 2.24) is 0 Å². The second-order valence-electron chi connectivity index (χ2n) is 4.14. The summed E-state index contributed by atoms with van der Waals surface area (Å²) in [6, 6.07) is 10.4. The second-order valence-corrected chi connectivity index (χ2v) is 5.74. The Morgan fingerprint density at radius 2 is 1.87 bits per heavy atom. The Labute approximate surface area is 105 Å². The molecule has 1 nitrogen and oxygen atoms in total. The van der Waals surface area contributed by atoms with Crippen molar-refractivity contribution in [2.45, 2.75) is 42.3 Å². The minimum absolute atomic E-state index is 0.472. The van der Waals surface area contributed by atoms with Gasteiger partial charge in [-0.3, -0.25) is 0 Å². The SMILES string of the molecule is IC1CCCCC1OCc1ccccc1. The highest BCUT2D eigenvalue weighted by molar-refractivity contribution is 14.1. The normalized spacial score (nSPS) is 26.5. The number of benzene rings is 1. The van der Waals surface area contributed by atoms with E-state index in [4.69, 9.17) is 4.74 Å². The van der Waals surface area contributed by atoms with Gasteiger partial charge < -0.3 is 4.74 Å². The Hall–Kier alpha value is -0.0900. The van der Waals surface area contributed by atoms with Crippen LogP contribution in [0.1, 0.15) is 31.2 Å². The molecule has 1 aliphatic carbocycles. The van der Waals surface area contributed by atoms with Crippen molar-refractivity contribution in [1.29, 1.82) is 0 Å². The molecule has 2 heteroatoms. The van der Waals surface area contributed by atoms with Crippen molar-refractivity contribution in [3.05, 3.63) is 35.9 Å². The largest absolute Gasteiger partial charge is 0.372 e. The number of ether oxygens (including phenoxy) is 1. The van der Waals surface area contributed by atoms with Crippen LogP contribution >= 0.6 is 22.6 Å². The molecule has 0 N–H and O–H groups in total. The number of halogens is 1. The van der Waals surface area contributed by atoms with Crippen molar-refractivity contribution < 1.29 is 4.74 Å². The van der Waals surface area contributed by atoms with Gasteiger partial charge in [-0.05, 0) is 18.4 Å². The third-order valence-corrected chi connectivity index (χ3v) is 4.35. The summed E-state index contributed by atoms with van der Waals surface area (Å²) >= 11 is 2.54. The quantitative estimate of drug-likeness (QED) is 0.606. The molecule has 2 unspecified atom stereocenters. The van der Waals surface area contributed by atoms with E-state index in [1.54, 1.807) is 0 Å². The van der Waals surface area contributed by atoms with Crippen LogP contribution in [0.3, 0.4) is 0 Å². The van der Waals surface area contributed by atoms with Crippen LogP contribution in [-0.4, -0.2) is 10.0 Å². The Morgan fingerprint density at radius 1 is 1.13 bits per heavy atom. The smallest absolute Gasteiger partial charge is 0.0721 e. The molecule has 0 spiro atoms. The number of rotatable bonds is 3. The van der Waals surface area contributed by atoms with Crippen LogP contribution in [0.5, 0.6) is 0 Å². The van der Waals surface area contributed by atoms with Gasteiger partial charge in [-0.15, -0.1) is 0 Å². The molecule has 1 aromatic carbocycles. The molecule has 1 aromatic rings. The van der Waals surface area contributed by atoms with Gasteiger partial charge in [-0.2, -0.15) is 0 Å². The summed E-state index contributed by atoms with van der Waals surface area (Å²) in [5.74, 6) is 0. The molecule has 1 saturated carbocycles. The van der Waals surface area contributed by atoms with Gasteiger partial charge in [0.1, 0.15) is 0 Å². The lowest BCUT2D eigenvalue weighted by atomic mass is 9.98. The molecule has 15 heavy (non-hydrogen) atoms. The Morgan fingerprint density at radius 3 is 2.60 bits per heavy atom. The van der Waals surface area contributed by atoms with Gasteiger partial charge in [0, 0.05) is 3.92 Å². The Bertz CT molecular complexity index is 286. The summed E-state index contributed by atoms with van der Waals surface area (Å²) in [4.78, 5) is 0. The number of hydrogen-bond donors (Lipinski definition) is 0. The summed E-state index contributed by atoms with van der Waals surface area (Å²) in [5.41, 5.74) is 1.28. The van der Waals surface area contributed by atoms with Gasteiger partial charge >= 0.3 is 0 Å². The average molecular weight is 316 g/mol. The fraction of sp³-hybridized carbons (Fsp3) is 0.538. The van der Waals surface area contributed by atoms with Crippen LogP contribution in [0.2, 0.25) is 0 Å². The van der Waals surface area contributed by atoms with E-state index in [0.29, 0.717) is 10.0 Å². The van der Waals surface area contributed by atoms with Gasteiger partial charge in [-0.1, -0.05) is 65.8 Å². The Kier molecular flexibility index (Phi) is 4.44. The maximum absolute atomic E-state index is 5.97. The van der Waals surface area contributed by atoms with Gasteiger partial charge in [0.05, 0.1) is 12.7 Å². The highest BCUT2D eigenvalue weighted by atomic mass is 127. The molecule has 0 aromatic heterocycles. The van der Waals surface area contributed by atoms with Crippen molar-refractivity contribution >= 4 is 22.6 Å². The van der Waals surface area contributed by atoms with Gasteiger partial charge in [-0.25, -0.2) is 0 Å². The van der Waals surface area contributed by atoms with Crippen molar-refractivity contribution in [2.75, 3.05) is 0 Å². The van der Waals surface area contributed by atoms with Crippen LogP contribution in [0.15, 0.2) is 30.3 Å². The fourth-order valence-corrected chi connectivity index (χ4v) is 3.02. The van der Waals surface area contributed by atoms with Gasteiger partial charge in [0.25, 0.3) is 0 Å². The molecule has 0 heterocycles. The van der Waals surface area contributed by atoms with E-state index in [9.17, 15) is 0 Å². The third kappa shape index (κ3) is 3.45. The summed E-state index contributed by atoms with van der Waals surface area (Å²) in [5, 5.41) is 0. The molecule has 2 rings (SSSR count). The van der Waals surface area contributed by atoms with Crippen LogP contribution < -0.4 is 0 Å². The van der Waals surface area contributed by atoms with Gasteiger partial charge in [0.2, 0.25) is 0 Å². The van der Waals surface area contributed by atoms with E-state index in [-0.39, 0.29) is 0 Å². The zero-order chi connectivity index (χ0) is 10.5. The summed E-state index contributed by atoms with van der Waals surface area (Å²) in [6.07, 6.45) is 5.73. The molecule has 1 fully saturated rings. The predicted octanol–water partition coefficient (Wildman–Crippen LogP) is 3.95. The molecular formula is C13H17IO. The minimum Gasteiger partial charge on any atom is -0.372 e. The highest BCUT2D eigenvalue weighted by Crippen LogP contribution is 2.27. The maximum Gasteiger partial charge on any atom is 0.0721 e. The van der Waals surface area contributed by atoms with E-state index in [1.807, 2.05) is 6.07 Å². The molecule has 0 radical (unpaired) electrons. The van der Waals surface area contributed by atoms with Crippen LogP contribution in [0.4, 0.5) is 0 Å². The molecule has 0 saturated heterocycles. The molecule has 0 bridgehead atoms. The fourth-order valence-electron chi connectivity index (χ4n) is 2.02. The predicted molar refractivity (Wildman–Crippen MR) is 71.3 cm³/mol. The van der Waals surface area contributed by atoms with Crippen LogP contribution in [-0.2, 0) is 11.3 Å². The van der Waals surface area contributed by atoms with Crippen molar-refractivity contribution in [3.8, 4) is 0 Å². The third-order valence-electron chi connectivity index (χ3n) is 2.93. The zero-order valence-electron chi connectivity index (χ0n) is 8.86. The minimum atomic E-state index is 0.472. The maximum atomic E-state index is 5.97. The van der Waals surface area contributed by atoms with Crippen LogP contribution in [0, 0.1) is 0 Å². The zero-order valence-corrected chi connectivity index (χ0v) is 11.0. The number of alkyl halides is 1. The van der Waals surface area contributed by atoms with E-state index >= 15 is 0 Å². The topological polar surface area (TPSA) is 9.23 Å². The summed E-state index contributed by atoms with van der Waals surface area (Å²) < 4.78 is 6.68. The van der Waals surface area contributed by atoms with Crippen molar-refractivity contribution in [2.24, 2.45) is 0 Å². The molecule has 1 aliphatic rings. The molecule has 2 atom stereocenters. The average Bonchev–Trinajstić information content (AvgIpc) is 2.29. The monoisotopic (exact) mass is 316 g/mol. The summed E-state index contributed by atoms with van der Waals surface area (Å²) in [6.45, 7) is 0.769. The summed E-state index contributed by atoms with van der Waals surface area (Å²) in [7, 11) is 0. The standard InChI is InChI=1S/C13H17IO/c14-12-8-4-5-9-13(12)15-10-11-6-2-1-3-7-11/h1-3,6-7,12-13H,4-5,8-10H2. The first-order valence-electron chi connectivity index (χ1n) is 5.66. The Balaban J connectivity index is 1.82. The molecule has 0 aliphatic heterocycles. The number of hydrogen-bond acceptors (Lipinski definition) is 1. The van der Waals surface area contributed by atoms with Crippen molar-refractivity contribution in [3.63, 3.8) is 0 Å². The highest BCUT2D eigenvalue weighted by Gasteiger charge is 2.22. The first kappa shape index (κ1) is 11.4. The molecule has 82 valence electrons. The molecule has 0 amide bonds. The first-order chi connectivity index (χ1) is 7.36. The van der Waals surface area contributed by atoms with E-state index in [2.05, 4.69) is 46.9 Å². The lowest BCUT2D eigenvalue weighted by molar-refractivity contribution is 0.0246. The second kappa shape index (κ2) is 5.85. The van der Waals surface area contributed by atoms with E-state index < -0.39 is 0 Å². The molecular weight excluding hydrogens is 299 g/mol. The lowest BCUT2D eigenvalue weighted by Crippen LogP contribution is -2.27. The lowest BCUT2D eigenvalue weighted by Gasteiger charge is -2.27. The van der Waals surface area contributed by atoms with Crippen LogP contribution in [0.25, 0.3) is 0 Å². The first-order valence-corrected chi connectivity index (χ1v) is 6.90. The van der Waals surface area contributed by atoms with E-state index in [0.717, 1.165) is 6.61 Å².